The minimum atomic E-state index is -0.694. The summed E-state index contributed by atoms with van der Waals surface area (Å²) >= 11 is 0. The summed E-state index contributed by atoms with van der Waals surface area (Å²) in [7, 11) is 0. The number of fused-ring (bicyclic) bond motifs is 30. The maximum Gasteiger partial charge on any atom is 0.143 e. The van der Waals surface area contributed by atoms with Crippen LogP contribution in [0.3, 0.4) is 0 Å². The van der Waals surface area contributed by atoms with E-state index in [4.69, 9.17) is 8.83 Å². The van der Waals surface area contributed by atoms with E-state index in [1.165, 1.54) is 111 Å². The van der Waals surface area contributed by atoms with Gasteiger partial charge in [0.2, 0.25) is 0 Å². The summed E-state index contributed by atoms with van der Waals surface area (Å²) in [6, 6.07) is 95.7. The molecule has 0 fully saturated rings. The average Bonchev–Trinajstić information content (AvgIpc) is 2.73. The van der Waals surface area contributed by atoms with Crippen LogP contribution in [0.5, 0.6) is 0 Å². The van der Waals surface area contributed by atoms with Gasteiger partial charge in [0.15, 0.2) is 0 Å². The Kier molecular flexibility index (Phi) is 7.65. The van der Waals surface area contributed by atoms with Crippen molar-refractivity contribution in [3.8, 4) is 66.8 Å². The molecule has 0 saturated carbocycles. The molecule has 78 heavy (non-hydrogen) atoms. The summed E-state index contributed by atoms with van der Waals surface area (Å²) in [5.41, 5.74) is 27.2. The molecule has 0 bridgehead atoms. The number of furan rings is 2. The summed E-state index contributed by atoms with van der Waals surface area (Å²) in [6.45, 7) is 0. The first-order valence-electron chi connectivity index (χ1n) is 27.2. The first-order valence-corrected chi connectivity index (χ1v) is 27.2. The largest absolute Gasteiger partial charge is 0.455 e. The predicted octanol–water partition coefficient (Wildman–Crippen LogP) is 19.8. The van der Waals surface area contributed by atoms with Crippen molar-refractivity contribution in [1.29, 1.82) is 0 Å². The second-order valence-corrected chi connectivity index (χ2v) is 22.0. The fraction of sp³-hybridized carbons (Fsp3) is 0.0263. The standard InChI is InChI=1S/C76H42O2/c1-3-23-45-43(19-1)21-17-31-47(45)55-39-65-69(71-53-29-9-15-37-67(53)77-73(55)71)57-41-64-58(42-63(57)75(65)59-33-11-5-25-49(59)50-26-6-12-34-60(50)75)70-66(76(64)61-35-13-7-27-51(61)52-28-8-14-36-62(52)76)40-56(48-32-18-22-44-20-2-4-24-46(44)48)74-72(70)54-30-10-16-38-68(54)78-74/h1-42H. The SMILES string of the molecule is c1ccc2c(c1)-c1ccccc1C21c2cc3c(cc2-c2c1cc(-c1cccc4ccccc14)c1oc4ccccc4c21)C1(c2ccccc2-c2ccccc21)c1cc(-c2cccc4ccccc24)c2oc4ccccc4c2c1-3. The van der Waals surface area contributed by atoms with E-state index in [9.17, 15) is 0 Å². The molecule has 0 saturated heterocycles. The van der Waals surface area contributed by atoms with Crippen molar-refractivity contribution in [2.24, 2.45) is 0 Å². The predicted molar refractivity (Wildman–Crippen MR) is 319 cm³/mol. The summed E-state index contributed by atoms with van der Waals surface area (Å²) in [5.74, 6) is 0. The molecular weight excluding hydrogens is 945 g/mol. The molecule has 358 valence electrons. The third kappa shape index (κ3) is 4.76. The van der Waals surface area contributed by atoms with Crippen LogP contribution >= 0.6 is 0 Å². The van der Waals surface area contributed by atoms with Gasteiger partial charge in [-0.2, -0.15) is 0 Å². The van der Waals surface area contributed by atoms with Crippen molar-refractivity contribution in [3.63, 3.8) is 0 Å². The van der Waals surface area contributed by atoms with Gasteiger partial charge in [-0.15, -0.1) is 0 Å². The van der Waals surface area contributed by atoms with Crippen LogP contribution < -0.4 is 0 Å². The van der Waals surface area contributed by atoms with Gasteiger partial charge < -0.3 is 8.83 Å². The van der Waals surface area contributed by atoms with Crippen molar-refractivity contribution < 1.29 is 8.83 Å². The lowest BCUT2D eigenvalue weighted by Crippen LogP contribution is -2.27. The van der Waals surface area contributed by atoms with Crippen LogP contribution in [-0.2, 0) is 10.8 Å². The second-order valence-electron chi connectivity index (χ2n) is 22.0. The Morgan fingerprint density at radius 1 is 0.218 bits per heavy atom. The second kappa shape index (κ2) is 14.5. The highest BCUT2D eigenvalue weighted by molar-refractivity contribution is 6.24. The van der Waals surface area contributed by atoms with Crippen LogP contribution in [0.15, 0.2) is 264 Å². The molecule has 0 amide bonds. The van der Waals surface area contributed by atoms with Gasteiger partial charge in [-0.3, -0.25) is 0 Å². The van der Waals surface area contributed by atoms with Gasteiger partial charge >= 0.3 is 0 Å². The van der Waals surface area contributed by atoms with E-state index in [0.29, 0.717) is 0 Å². The van der Waals surface area contributed by atoms with Gasteiger partial charge in [-0.1, -0.05) is 218 Å². The zero-order chi connectivity index (χ0) is 50.6. The highest BCUT2D eigenvalue weighted by Crippen LogP contribution is 2.70. The first kappa shape index (κ1) is 41.3. The third-order valence-electron chi connectivity index (χ3n) is 18.7. The van der Waals surface area contributed by atoms with Crippen LogP contribution in [0.2, 0.25) is 0 Å². The molecule has 2 heteroatoms. The van der Waals surface area contributed by atoms with Gasteiger partial charge in [0.1, 0.15) is 22.3 Å². The van der Waals surface area contributed by atoms with E-state index in [1.807, 2.05) is 0 Å². The van der Waals surface area contributed by atoms with Gasteiger partial charge in [0.25, 0.3) is 0 Å². The molecular formula is C76H42O2. The van der Waals surface area contributed by atoms with Crippen LogP contribution in [-0.4, -0.2) is 0 Å². The maximum atomic E-state index is 7.30. The minimum absolute atomic E-state index is 0.694. The summed E-state index contributed by atoms with van der Waals surface area (Å²) in [5, 5.41) is 9.36. The minimum Gasteiger partial charge on any atom is -0.455 e. The normalized spacial score (nSPS) is 14.4. The highest BCUT2D eigenvalue weighted by Gasteiger charge is 2.57. The van der Waals surface area contributed by atoms with Crippen LogP contribution in [0.4, 0.5) is 0 Å². The topological polar surface area (TPSA) is 26.3 Å². The number of hydrogen-bond donors (Lipinski definition) is 0. The van der Waals surface area contributed by atoms with Gasteiger partial charge in [-0.05, 0) is 158 Å². The van der Waals surface area contributed by atoms with Gasteiger partial charge in [-0.25, -0.2) is 0 Å². The Morgan fingerprint density at radius 3 is 0.936 bits per heavy atom. The lowest BCUT2D eigenvalue weighted by atomic mass is 9.68. The molecule has 13 aromatic carbocycles. The number of benzene rings is 13. The lowest BCUT2D eigenvalue weighted by Gasteiger charge is -2.32. The van der Waals surface area contributed by atoms with Crippen molar-refractivity contribution in [2.75, 3.05) is 0 Å². The van der Waals surface area contributed by atoms with Gasteiger partial charge in [0, 0.05) is 32.7 Å². The Balaban J connectivity index is 1.04. The molecule has 0 aliphatic heterocycles. The van der Waals surface area contributed by atoms with Crippen molar-refractivity contribution >= 4 is 65.4 Å². The molecule has 2 heterocycles. The molecule has 4 aliphatic carbocycles. The summed E-state index contributed by atoms with van der Waals surface area (Å²) in [4.78, 5) is 0. The number of rotatable bonds is 2. The van der Waals surface area contributed by atoms with E-state index in [1.54, 1.807) is 0 Å². The van der Waals surface area contributed by atoms with E-state index >= 15 is 0 Å². The molecule has 15 aromatic rings. The molecule has 0 radical (unpaired) electrons. The Morgan fingerprint density at radius 2 is 0.526 bits per heavy atom. The smallest absolute Gasteiger partial charge is 0.143 e. The van der Waals surface area contributed by atoms with E-state index in [0.717, 1.165) is 66.1 Å². The molecule has 0 unspecified atom stereocenters. The quantitative estimate of drug-likeness (QED) is 0.173. The maximum absolute atomic E-state index is 7.30. The zero-order valence-electron chi connectivity index (χ0n) is 42.1. The molecule has 4 aliphatic rings. The Bertz CT molecular complexity index is 4800. The average molecular weight is 987 g/mol. The van der Waals surface area contributed by atoms with Crippen molar-refractivity contribution in [2.45, 2.75) is 10.8 Å². The highest BCUT2D eigenvalue weighted by atomic mass is 16.3. The molecule has 2 nitrogen and oxygen atoms in total. The van der Waals surface area contributed by atoms with Crippen LogP contribution in [0.25, 0.3) is 132 Å². The van der Waals surface area contributed by atoms with Crippen LogP contribution in [0.1, 0.15) is 44.5 Å². The molecule has 0 N–H and O–H groups in total. The third-order valence-corrected chi connectivity index (χ3v) is 18.7. The monoisotopic (exact) mass is 986 g/mol. The molecule has 0 atom stereocenters. The first-order chi connectivity index (χ1) is 38.7. The van der Waals surface area contributed by atoms with Crippen molar-refractivity contribution in [3.05, 3.63) is 299 Å². The Hall–Kier alpha value is -10.0. The van der Waals surface area contributed by atoms with Crippen molar-refractivity contribution in [1.82, 2.24) is 0 Å². The molecule has 19 rings (SSSR count). The number of hydrogen-bond acceptors (Lipinski definition) is 2. The summed E-state index contributed by atoms with van der Waals surface area (Å²) < 4.78 is 14.6. The zero-order valence-corrected chi connectivity index (χ0v) is 42.1. The van der Waals surface area contributed by atoms with E-state index in [-0.39, 0.29) is 0 Å². The fourth-order valence-electron chi connectivity index (χ4n) is 15.8. The Labute approximate surface area is 448 Å². The van der Waals surface area contributed by atoms with E-state index in [2.05, 4.69) is 255 Å². The van der Waals surface area contributed by atoms with Crippen LogP contribution in [0, 0.1) is 0 Å². The summed E-state index contributed by atoms with van der Waals surface area (Å²) in [6.07, 6.45) is 0. The number of para-hydroxylation sites is 2. The van der Waals surface area contributed by atoms with Gasteiger partial charge in [0.05, 0.1) is 10.8 Å². The fourth-order valence-corrected chi connectivity index (χ4v) is 15.8. The molecule has 2 aromatic heterocycles. The van der Waals surface area contributed by atoms with E-state index < -0.39 is 10.8 Å². The molecule has 2 spiro atoms. The lowest BCUT2D eigenvalue weighted by molar-refractivity contribution is 0.669.